The molecule has 3 aromatic rings. The van der Waals surface area contributed by atoms with Crippen LogP contribution in [-0.4, -0.2) is 38.2 Å². The number of esters is 1. The van der Waals surface area contributed by atoms with Gasteiger partial charge < -0.3 is 24.8 Å². The number of imidazole rings is 1. The van der Waals surface area contributed by atoms with Crippen LogP contribution in [0.3, 0.4) is 0 Å². The minimum atomic E-state index is -0.874. The third-order valence-electron chi connectivity index (χ3n) is 4.09. The molecule has 1 unspecified atom stereocenters. The summed E-state index contributed by atoms with van der Waals surface area (Å²) in [6.07, 6.45) is 3.40. The fraction of sp³-hybridized carbons (Fsp3) is 0.150. The van der Waals surface area contributed by atoms with Gasteiger partial charge in [-0.1, -0.05) is 30.3 Å². The van der Waals surface area contributed by atoms with Gasteiger partial charge in [-0.3, -0.25) is 4.79 Å². The molecule has 0 saturated carbocycles. The van der Waals surface area contributed by atoms with Gasteiger partial charge in [0, 0.05) is 25.5 Å². The predicted molar refractivity (Wildman–Crippen MR) is 99.7 cm³/mol. The van der Waals surface area contributed by atoms with E-state index in [0.29, 0.717) is 5.82 Å². The lowest BCUT2D eigenvalue weighted by atomic mass is 10.1. The zero-order valence-electron chi connectivity index (χ0n) is 15.1. The highest BCUT2D eigenvalue weighted by molar-refractivity contribution is 5.94. The molecule has 8 nitrogen and oxygen atoms in total. The number of nitrogens with zero attached hydrogens (tertiary/aromatic N) is 2. The van der Waals surface area contributed by atoms with Crippen LogP contribution in [0.1, 0.15) is 27.8 Å². The second-order valence-electron chi connectivity index (χ2n) is 6.09. The molecule has 0 aliphatic rings. The number of phenols is 2. The molecule has 2 aromatic carbocycles. The Balaban J connectivity index is 1.69. The second kappa shape index (κ2) is 8.26. The number of ether oxygens (including phenoxy) is 1. The van der Waals surface area contributed by atoms with Crippen LogP contribution < -0.4 is 5.32 Å². The summed E-state index contributed by atoms with van der Waals surface area (Å²) in [6, 6.07) is 12.2. The molecule has 1 heterocycles. The van der Waals surface area contributed by atoms with E-state index in [1.807, 2.05) is 37.4 Å². The molecule has 0 saturated heterocycles. The number of aromatic nitrogens is 2. The first-order chi connectivity index (χ1) is 13.5. The minimum absolute atomic E-state index is 0.144. The van der Waals surface area contributed by atoms with Crippen molar-refractivity contribution >= 4 is 11.9 Å². The van der Waals surface area contributed by atoms with E-state index in [1.54, 1.807) is 17.0 Å². The van der Waals surface area contributed by atoms with Gasteiger partial charge in [0.05, 0.1) is 0 Å². The van der Waals surface area contributed by atoms with Crippen molar-refractivity contribution in [2.45, 2.75) is 6.04 Å². The van der Waals surface area contributed by atoms with E-state index in [0.717, 1.165) is 11.6 Å². The molecule has 0 fully saturated rings. The molecule has 3 rings (SSSR count). The zero-order valence-corrected chi connectivity index (χ0v) is 15.1. The molecular formula is C20H19N3O5. The van der Waals surface area contributed by atoms with Crippen molar-refractivity contribution in [3.63, 3.8) is 0 Å². The Labute approximate surface area is 161 Å². The molecule has 0 radical (unpaired) electrons. The maximum atomic E-state index is 12.4. The summed E-state index contributed by atoms with van der Waals surface area (Å²) >= 11 is 0. The lowest BCUT2D eigenvalue weighted by molar-refractivity contribution is -0.124. The molecule has 0 bridgehead atoms. The lowest BCUT2D eigenvalue weighted by Crippen LogP contribution is -2.34. The van der Waals surface area contributed by atoms with Gasteiger partial charge in [0.2, 0.25) is 0 Å². The van der Waals surface area contributed by atoms with Gasteiger partial charge in [0.1, 0.15) is 28.9 Å². The summed E-state index contributed by atoms with van der Waals surface area (Å²) in [7, 11) is 1.82. The molecule has 3 N–H and O–H groups in total. The van der Waals surface area contributed by atoms with Crippen molar-refractivity contribution in [2.75, 3.05) is 6.61 Å². The molecule has 0 aliphatic carbocycles. The summed E-state index contributed by atoms with van der Waals surface area (Å²) in [5.41, 5.74) is 0.682. The molecule has 1 aromatic heterocycles. The zero-order chi connectivity index (χ0) is 20.1. The maximum absolute atomic E-state index is 12.4. The summed E-state index contributed by atoms with van der Waals surface area (Å²) in [4.78, 5) is 28.7. The van der Waals surface area contributed by atoms with Gasteiger partial charge in [-0.25, -0.2) is 9.78 Å². The largest absolute Gasteiger partial charge is 0.508 e. The number of aromatic hydroxyl groups is 2. The van der Waals surface area contributed by atoms with Crippen LogP contribution in [0.15, 0.2) is 60.9 Å². The van der Waals surface area contributed by atoms with Crippen molar-refractivity contribution in [1.82, 2.24) is 14.9 Å². The fourth-order valence-electron chi connectivity index (χ4n) is 2.70. The smallest absolute Gasteiger partial charge is 0.342 e. The lowest BCUT2D eigenvalue weighted by Gasteiger charge is -2.19. The van der Waals surface area contributed by atoms with E-state index in [9.17, 15) is 19.8 Å². The molecule has 1 amide bonds. The first kappa shape index (κ1) is 19.0. The molecule has 0 aliphatic heterocycles. The van der Waals surface area contributed by atoms with Gasteiger partial charge in [-0.05, 0) is 17.7 Å². The molecule has 8 heteroatoms. The van der Waals surface area contributed by atoms with Crippen molar-refractivity contribution in [3.8, 4) is 11.5 Å². The fourth-order valence-corrected chi connectivity index (χ4v) is 2.70. The third kappa shape index (κ3) is 4.29. The average molecular weight is 381 g/mol. The highest BCUT2D eigenvalue weighted by Gasteiger charge is 2.22. The number of aryl methyl sites for hydroxylation is 1. The van der Waals surface area contributed by atoms with E-state index in [-0.39, 0.29) is 11.3 Å². The number of rotatable bonds is 6. The van der Waals surface area contributed by atoms with E-state index in [4.69, 9.17) is 4.74 Å². The van der Waals surface area contributed by atoms with Crippen molar-refractivity contribution in [1.29, 1.82) is 0 Å². The van der Waals surface area contributed by atoms with Gasteiger partial charge in [0.25, 0.3) is 5.91 Å². The van der Waals surface area contributed by atoms with Gasteiger partial charge in [0.15, 0.2) is 6.61 Å². The first-order valence-corrected chi connectivity index (χ1v) is 8.46. The number of hydrogen-bond donors (Lipinski definition) is 3. The second-order valence-corrected chi connectivity index (χ2v) is 6.09. The van der Waals surface area contributed by atoms with Crippen molar-refractivity contribution in [3.05, 3.63) is 77.9 Å². The van der Waals surface area contributed by atoms with E-state index in [1.165, 1.54) is 12.1 Å². The normalized spacial score (nSPS) is 11.6. The number of carbonyl (C=O) groups excluding carboxylic acids is 2. The van der Waals surface area contributed by atoms with E-state index in [2.05, 4.69) is 10.3 Å². The van der Waals surface area contributed by atoms with Gasteiger partial charge in [-0.15, -0.1) is 0 Å². The Morgan fingerprint density at radius 1 is 1.18 bits per heavy atom. The Morgan fingerprint density at radius 3 is 2.57 bits per heavy atom. The third-order valence-corrected chi connectivity index (χ3v) is 4.09. The molecule has 0 spiro atoms. The topological polar surface area (TPSA) is 114 Å². The number of carbonyl (C=O) groups is 2. The summed E-state index contributed by atoms with van der Waals surface area (Å²) < 4.78 is 6.77. The highest BCUT2D eigenvalue weighted by Crippen LogP contribution is 2.23. The predicted octanol–water partition coefficient (Wildman–Crippen LogP) is 1.89. The minimum Gasteiger partial charge on any atom is -0.508 e. The Morgan fingerprint density at radius 2 is 1.93 bits per heavy atom. The molecule has 144 valence electrons. The van der Waals surface area contributed by atoms with Crippen molar-refractivity contribution in [2.24, 2.45) is 7.05 Å². The summed E-state index contributed by atoms with van der Waals surface area (Å²) in [5.74, 6) is -1.39. The summed E-state index contributed by atoms with van der Waals surface area (Å²) in [5, 5.41) is 21.8. The number of hydrogen-bond acceptors (Lipinski definition) is 6. The van der Waals surface area contributed by atoms with Gasteiger partial charge >= 0.3 is 5.97 Å². The first-order valence-electron chi connectivity index (χ1n) is 8.46. The molecule has 1 atom stereocenters. The van der Waals surface area contributed by atoms with E-state index >= 15 is 0 Å². The number of nitrogens with one attached hydrogen (secondary N) is 1. The highest BCUT2D eigenvalue weighted by atomic mass is 16.5. The Hall–Kier alpha value is -3.81. The SMILES string of the molecule is Cn1ccnc1C(NC(=O)COC(=O)c1ccc(O)cc1O)c1ccccc1. The maximum Gasteiger partial charge on any atom is 0.342 e. The van der Waals surface area contributed by atoms with E-state index < -0.39 is 30.3 Å². The van der Waals surface area contributed by atoms with Gasteiger partial charge in [-0.2, -0.15) is 0 Å². The standard InChI is InChI=1S/C20H19N3O5/c1-23-10-9-21-19(23)18(13-5-3-2-4-6-13)22-17(26)12-28-20(27)15-8-7-14(24)11-16(15)25/h2-11,18,24-25H,12H2,1H3,(H,22,26). The number of phenolic OH excluding ortho intramolecular Hbond substituents is 2. The van der Waals surface area contributed by atoms with Crippen LogP contribution in [0.25, 0.3) is 0 Å². The quantitative estimate of drug-likeness (QED) is 0.562. The molecule has 28 heavy (non-hydrogen) atoms. The number of benzene rings is 2. The van der Waals surface area contributed by atoms with Crippen LogP contribution in [0.5, 0.6) is 11.5 Å². The van der Waals surface area contributed by atoms with Crippen LogP contribution in [0.4, 0.5) is 0 Å². The van der Waals surface area contributed by atoms with Crippen LogP contribution in [-0.2, 0) is 16.6 Å². The Bertz CT molecular complexity index is 985. The summed E-state index contributed by atoms with van der Waals surface area (Å²) in [6.45, 7) is -0.535. The van der Waals surface area contributed by atoms with Crippen LogP contribution >= 0.6 is 0 Å². The monoisotopic (exact) mass is 381 g/mol. The Kier molecular flexibility index (Phi) is 5.59. The average Bonchev–Trinajstić information content (AvgIpc) is 3.10. The molecular weight excluding hydrogens is 362 g/mol. The van der Waals surface area contributed by atoms with Crippen LogP contribution in [0.2, 0.25) is 0 Å². The van der Waals surface area contributed by atoms with Crippen molar-refractivity contribution < 1.29 is 24.5 Å². The number of amides is 1. The van der Waals surface area contributed by atoms with Crippen LogP contribution in [0, 0.1) is 0 Å².